The van der Waals surface area contributed by atoms with Gasteiger partial charge in [-0.15, -0.1) is 0 Å². The number of rotatable bonds is 5. The maximum Gasteiger partial charge on any atom is 0.360 e. The molecule has 0 spiro atoms. The topological polar surface area (TPSA) is 44.1 Å². The molecule has 0 unspecified atom stereocenters. The smallest absolute Gasteiger partial charge is 0.360 e. The van der Waals surface area contributed by atoms with Crippen LogP contribution in [0.25, 0.3) is 0 Å². The van der Waals surface area contributed by atoms with Crippen molar-refractivity contribution in [3.05, 3.63) is 53.9 Å². The SMILES string of the molecule is C[C@H](c1ccccc1)n1cnc(F)c1C(=O)OC1(C=S)CSC1. The standard InChI is InChI=1S/C16H15FN2O2S2/c1-11(12-5-3-2-4-6-12)19-10-18-14(17)13(19)15(20)21-16(7-22)8-23-9-16/h2-7,10-11H,8-9H2,1H3/t11-/m1/s1. The van der Waals surface area contributed by atoms with E-state index in [1.54, 1.807) is 11.8 Å². The Kier molecular flexibility index (Phi) is 4.50. The minimum Gasteiger partial charge on any atom is -0.447 e. The van der Waals surface area contributed by atoms with Gasteiger partial charge in [-0.05, 0) is 12.5 Å². The number of benzene rings is 1. The molecule has 2 heterocycles. The molecule has 4 nitrogen and oxygen atoms in total. The van der Waals surface area contributed by atoms with Crippen LogP contribution in [-0.2, 0) is 4.74 Å². The average molecular weight is 350 g/mol. The maximum absolute atomic E-state index is 14.1. The van der Waals surface area contributed by atoms with Gasteiger partial charge in [0.2, 0.25) is 5.95 Å². The number of halogens is 1. The Bertz CT molecular complexity index is 729. The summed E-state index contributed by atoms with van der Waals surface area (Å²) < 4.78 is 21.0. The number of hydrogen-bond donors (Lipinski definition) is 0. The van der Waals surface area contributed by atoms with Crippen LogP contribution < -0.4 is 0 Å². The van der Waals surface area contributed by atoms with Gasteiger partial charge < -0.3 is 9.30 Å². The third-order valence-electron chi connectivity index (χ3n) is 3.85. The van der Waals surface area contributed by atoms with Crippen LogP contribution in [0.5, 0.6) is 0 Å². The lowest BCUT2D eigenvalue weighted by molar-refractivity contribution is 0.0230. The zero-order valence-corrected chi connectivity index (χ0v) is 14.1. The van der Waals surface area contributed by atoms with Gasteiger partial charge in [-0.25, -0.2) is 9.78 Å². The molecule has 0 radical (unpaired) electrons. The van der Waals surface area contributed by atoms with E-state index in [2.05, 4.69) is 4.98 Å². The number of carbonyl (C=O) groups is 1. The lowest BCUT2D eigenvalue weighted by Crippen LogP contribution is -2.48. The second-order valence-corrected chi connectivity index (χ2v) is 6.66. The number of carbonyl (C=O) groups excluding carboxylic acids is 1. The van der Waals surface area contributed by atoms with Crippen molar-refractivity contribution in [1.82, 2.24) is 9.55 Å². The monoisotopic (exact) mass is 350 g/mol. The van der Waals surface area contributed by atoms with Crippen molar-refractivity contribution in [3.63, 3.8) is 0 Å². The van der Waals surface area contributed by atoms with Gasteiger partial charge in [0, 0.05) is 16.9 Å². The molecule has 1 aromatic heterocycles. The number of nitrogens with zero attached hydrogens (tertiary/aromatic N) is 2. The number of imidazole rings is 1. The van der Waals surface area contributed by atoms with Crippen molar-refractivity contribution in [2.75, 3.05) is 11.5 Å². The Hall–Kier alpha value is -1.73. The summed E-state index contributed by atoms with van der Waals surface area (Å²) in [7, 11) is 0. The minimum absolute atomic E-state index is 0.172. The van der Waals surface area contributed by atoms with Crippen molar-refractivity contribution in [2.45, 2.75) is 18.6 Å². The quantitative estimate of drug-likeness (QED) is 0.612. The van der Waals surface area contributed by atoms with Gasteiger partial charge >= 0.3 is 5.97 Å². The number of aromatic nitrogens is 2. The Labute approximate surface area is 143 Å². The predicted octanol–water partition coefficient (Wildman–Crippen LogP) is 3.27. The van der Waals surface area contributed by atoms with Crippen molar-refractivity contribution in [3.8, 4) is 0 Å². The molecule has 1 aromatic carbocycles. The van der Waals surface area contributed by atoms with Crippen LogP contribution >= 0.6 is 24.0 Å². The molecule has 2 aromatic rings. The second kappa shape index (κ2) is 6.41. The molecule has 0 aliphatic carbocycles. The first kappa shape index (κ1) is 16.1. The summed E-state index contributed by atoms with van der Waals surface area (Å²) in [6.45, 7) is 1.88. The molecule has 0 saturated carbocycles. The number of hydrogen-bond acceptors (Lipinski definition) is 5. The van der Waals surface area contributed by atoms with E-state index in [0.29, 0.717) is 11.5 Å². The highest BCUT2D eigenvalue weighted by Gasteiger charge is 2.41. The van der Waals surface area contributed by atoms with E-state index in [1.807, 2.05) is 37.3 Å². The molecule has 1 fully saturated rings. The molecule has 1 saturated heterocycles. The highest BCUT2D eigenvalue weighted by Crippen LogP contribution is 2.33. The van der Waals surface area contributed by atoms with Crippen molar-refractivity contribution >= 4 is 35.3 Å². The summed E-state index contributed by atoms with van der Waals surface area (Å²) in [4.78, 5) is 16.1. The molecule has 7 heteroatoms. The summed E-state index contributed by atoms with van der Waals surface area (Å²) in [5.74, 6) is -0.355. The van der Waals surface area contributed by atoms with Crippen LogP contribution in [0.2, 0.25) is 0 Å². The van der Waals surface area contributed by atoms with Crippen LogP contribution in [0.15, 0.2) is 36.7 Å². The predicted molar refractivity (Wildman–Crippen MR) is 91.6 cm³/mol. The Morgan fingerprint density at radius 3 is 2.74 bits per heavy atom. The molecule has 0 amide bonds. The molecular weight excluding hydrogens is 335 g/mol. The molecule has 3 rings (SSSR count). The van der Waals surface area contributed by atoms with Crippen LogP contribution in [0.4, 0.5) is 4.39 Å². The van der Waals surface area contributed by atoms with E-state index in [9.17, 15) is 9.18 Å². The van der Waals surface area contributed by atoms with Crippen LogP contribution in [0.3, 0.4) is 0 Å². The average Bonchev–Trinajstić information content (AvgIpc) is 2.92. The zero-order chi connectivity index (χ0) is 16.4. The lowest BCUT2D eigenvalue weighted by Gasteiger charge is -2.36. The first-order valence-electron chi connectivity index (χ1n) is 7.11. The van der Waals surface area contributed by atoms with Gasteiger partial charge in [0.15, 0.2) is 11.3 Å². The van der Waals surface area contributed by atoms with Gasteiger partial charge in [0.25, 0.3) is 0 Å². The molecule has 23 heavy (non-hydrogen) atoms. The lowest BCUT2D eigenvalue weighted by atomic mass is 10.1. The summed E-state index contributed by atoms with van der Waals surface area (Å²) in [5.41, 5.74) is 0.00592. The van der Waals surface area contributed by atoms with Crippen molar-refractivity contribution in [2.24, 2.45) is 0 Å². The van der Waals surface area contributed by atoms with Crippen molar-refractivity contribution < 1.29 is 13.9 Å². The van der Waals surface area contributed by atoms with Gasteiger partial charge in [-0.2, -0.15) is 16.2 Å². The highest BCUT2D eigenvalue weighted by atomic mass is 32.2. The largest absolute Gasteiger partial charge is 0.447 e. The molecule has 1 atom stereocenters. The summed E-state index contributed by atoms with van der Waals surface area (Å²) in [5, 5.41) is 1.45. The van der Waals surface area contributed by atoms with E-state index < -0.39 is 17.5 Å². The number of thiocarbonyl (C=S) groups is 1. The highest BCUT2D eigenvalue weighted by molar-refractivity contribution is 8.01. The summed E-state index contributed by atoms with van der Waals surface area (Å²) in [6.07, 6.45) is 1.32. The van der Waals surface area contributed by atoms with Crippen LogP contribution in [0.1, 0.15) is 29.0 Å². The Balaban J connectivity index is 1.89. The maximum atomic E-state index is 14.1. The first-order valence-corrected chi connectivity index (χ1v) is 8.73. The molecule has 0 bridgehead atoms. The number of esters is 1. The van der Waals surface area contributed by atoms with Crippen molar-refractivity contribution in [1.29, 1.82) is 0 Å². The molecular formula is C16H15FN2O2S2. The third-order valence-corrected chi connectivity index (χ3v) is 5.66. The fraction of sp³-hybridized carbons (Fsp3) is 0.312. The van der Waals surface area contributed by atoms with Gasteiger partial charge in [-0.1, -0.05) is 42.5 Å². The van der Waals surface area contributed by atoms with Gasteiger partial charge in [0.05, 0.1) is 12.4 Å². The molecule has 1 aliphatic rings. The fourth-order valence-corrected chi connectivity index (χ4v) is 3.72. The van der Waals surface area contributed by atoms with E-state index in [1.165, 1.54) is 16.3 Å². The number of thioether (sulfide) groups is 1. The fourth-order valence-electron chi connectivity index (χ4n) is 2.40. The Morgan fingerprint density at radius 2 is 2.17 bits per heavy atom. The van der Waals surface area contributed by atoms with E-state index >= 15 is 0 Å². The third kappa shape index (κ3) is 3.03. The van der Waals surface area contributed by atoms with Gasteiger partial charge in [0.1, 0.15) is 0 Å². The number of ether oxygens (including phenoxy) is 1. The van der Waals surface area contributed by atoms with E-state index in [4.69, 9.17) is 17.0 Å². The first-order chi connectivity index (χ1) is 11.1. The van der Waals surface area contributed by atoms with Crippen LogP contribution in [-0.4, -0.2) is 38.0 Å². The second-order valence-electron chi connectivity index (χ2n) is 5.44. The zero-order valence-electron chi connectivity index (χ0n) is 12.4. The summed E-state index contributed by atoms with van der Waals surface area (Å²) >= 11 is 6.58. The molecule has 0 N–H and O–H groups in total. The molecule has 120 valence electrons. The summed E-state index contributed by atoms with van der Waals surface area (Å²) in [6, 6.07) is 9.28. The normalized spacial score (nSPS) is 17.1. The van der Waals surface area contributed by atoms with Gasteiger partial charge in [-0.3, -0.25) is 0 Å². The van der Waals surface area contributed by atoms with Crippen LogP contribution in [0, 0.1) is 5.95 Å². The van der Waals surface area contributed by atoms with E-state index in [0.717, 1.165) is 5.56 Å². The Morgan fingerprint density at radius 1 is 1.48 bits per heavy atom. The molecule has 1 aliphatic heterocycles. The minimum atomic E-state index is -0.829. The van der Waals surface area contributed by atoms with E-state index in [-0.39, 0.29) is 11.7 Å².